The number of hydrogen-bond donors (Lipinski definition) is 1. The van der Waals surface area contributed by atoms with Crippen LogP contribution in [0.5, 0.6) is 0 Å². The summed E-state index contributed by atoms with van der Waals surface area (Å²) < 4.78 is 14.8. The van der Waals surface area contributed by atoms with E-state index in [1.54, 1.807) is 4.52 Å². The summed E-state index contributed by atoms with van der Waals surface area (Å²) in [5, 5.41) is 3.80. The van der Waals surface area contributed by atoms with E-state index < -0.39 is 6.08 Å². The van der Waals surface area contributed by atoms with Gasteiger partial charge in [-0.2, -0.15) is 9.37 Å². The summed E-state index contributed by atoms with van der Waals surface area (Å²) in [5.74, 6) is 0.177. The summed E-state index contributed by atoms with van der Waals surface area (Å²) in [6, 6.07) is 3.77. The van der Waals surface area contributed by atoms with E-state index in [1.807, 2.05) is 12.1 Å². The van der Waals surface area contributed by atoms with Crippen LogP contribution in [0.2, 0.25) is 0 Å². The number of nitrogen functional groups attached to an aromatic ring is 1. The molecule has 92 valence electrons. The molecule has 0 aliphatic carbocycles. The fourth-order valence-corrected chi connectivity index (χ4v) is 2.26. The fraction of sp³-hybridized carbons (Fsp3) is 0.500. The van der Waals surface area contributed by atoms with Crippen molar-refractivity contribution in [2.75, 3.05) is 5.73 Å². The summed E-state index contributed by atoms with van der Waals surface area (Å²) in [5.41, 5.74) is 7.23. The van der Waals surface area contributed by atoms with E-state index in [-0.39, 0.29) is 11.2 Å². The quantitative estimate of drug-likeness (QED) is 0.890. The van der Waals surface area contributed by atoms with Crippen LogP contribution < -0.4 is 5.73 Å². The van der Waals surface area contributed by atoms with E-state index in [9.17, 15) is 4.39 Å². The molecule has 0 radical (unpaired) electrons. The molecule has 2 aromatic heterocycles. The topological polar surface area (TPSA) is 56.2 Å². The van der Waals surface area contributed by atoms with Crippen molar-refractivity contribution >= 4 is 11.3 Å². The zero-order chi connectivity index (χ0) is 12.6. The standard InChI is InChI=1S/C12H17FN4/c1-4-7-12(2,3)9-6-5-8-10(14)15-11(13)16-17(8)9/h5-6H,4,7H2,1-3H3,(H2,14,15,16). The van der Waals surface area contributed by atoms with Gasteiger partial charge in [-0.3, -0.25) is 0 Å². The number of hydrogen-bond acceptors (Lipinski definition) is 3. The fourth-order valence-electron chi connectivity index (χ4n) is 2.26. The van der Waals surface area contributed by atoms with Gasteiger partial charge in [-0.15, -0.1) is 5.10 Å². The van der Waals surface area contributed by atoms with Gasteiger partial charge in [0, 0.05) is 11.1 Å². The monoisotopic (exact) mass is 236 g/mol. The second kappa shape index (κ2) is 3.98. The maximum Gasteiger partial charge on any atom is 0.327 e. The van der Waals surface area contributed by atoms with Crippen molar-refractivity contribution < 1.29 is 4.39 Å². The van der Waals surface area contributed by atoms with Crippen LogP contribution in [0.4, 0.5) is 10.2 Å². The predicted molar refractivity (Wildman–Crippen MR) is 65.3 cm³/mol. The number of fused-ring (bicyclic) bond motifs is 1. The Morgan fingerprint density at radius 3 is 2.76 bits per heavy atom. The smallest absolute Gasteiger partial charge is 0.327 e. The predicted octanol–water partition coefficient (Wildman–Crippen LogP) is 2.53. The molecule has 0 saturated carbocycles. The lowest BCUT2D eigenvalue weighted by atomic mass is 9.85. The molecule has 4 nitrogen and oxygen atoms in total. The van der Waals surface area contributed by atoms with Crippen LogP contribution in [-0.2, 0) is 5.41 Å². The lowest BCUT2D eigenvalue weighted by Gasteiger charge is -2.23. The maximum atomic E-state index is 13.2. The molecule has 2 heterocycles. The number of aromatic nitrogens is 3. The van der Waals surface area contributed by atoms with Gasteiger partial charge in [0.1, 0.15) is 5.52 Å². The van der Waals surface area contributed by atoms with Crippen molar-refractivity contribution in [2.45, 2.75) is 39.0 Å². The van der Waals surface area contributed by atoms with Gasteiger partial charge < -0.3 is 5.73 Å². The van der Waals surface area contributed by atoms with Crippen LogP contribution in [0.25, 0.3) is 5.52 Å². The van der Waals surface area contributed by atoms with Crippen LogP contribution in [0.15, 0.2) is 12.1 Å². The van der Waals surface area contributed by atoms with Gasteiger partial charge >= 0.3 is 6.08 Å². The Morgan fingerprint density at radius 1 is 1.41 bits per heavy atom. The molecule has 0 aliphatic rings. The van der Waals surface area contributed by atoms with Crippen molar-refractivity contribution in [3.63, 3.8) is 0 Å². The average molecular weight is 236 g/mol. The first-order valence-electron chi connectivity index (χ1n) is 5.77. The second-order valence-corrected chi connectivity index (χ2v) is 4.92. The first-order chi connectivity index (χ1) is 7.95. The Labute approximate surface area is 99.7 Å². The molecular formula is C12H17FN4. The van der Waals surface area contributed by atoms with E-state index in [1.165, 1.54) is 0 Å². The van der Waals surface area contributed by atoms with Gasteiger partial charge in [-0.25, -0.2) is 4.52 Å². The molecular weight excluding hydrogens is 219 g/mol. The molecule has 0 aromatic carbocycles. The molecule has 0 amide bonds. The van der Waals surface area contributed by atoms with Crippen LogP contribution >= 0.6 is 0 Å². The number of anilines is 1. The third-order valence-corrected chi connectivity index (χ3v) is 3.08. The molecule has 0 saturated heterocycles. The van der Waals surface area contributed by atoms with E-state index in [0.29, 0.717) is 5.52 Å². The number of rotatable bonds is 3. The van der Waals surface area contributed by atoms with Crippen molar-refractivity contribution in [1.82, 2.24) is 14.6 Å². The highest BCUT2D eigenvalue weighted by atomic mass is 19.1. The first kappa shape index (κ1) is 11.8. The first-order valence-corrected chi connectivity index (χ1v) is 5.77. The summed E-state index contributed by atoms with van der Waals surface area (Å²) in [4.78, 5) is 3.52. The van der Waals surface area contributed by atoms with Crippen molar-refractivity contribution in [1.29, 1.82) is 0 Å². The summed E-state index contributed by atoms with van der Waals surface area (Å²) in [6.45, 7) is 6.37. The molecule has 0 fully saturated rings. The zero-order valence-electron chi connectivity index (χ0n) is 10.4. The van der Waals surface area contributed by atoms with Crippen LogP contribution in [0.1, 0.15) is 39.3 Å². The van der Waals surface area contributed by atoms with Gasteiger partial charge in [0.15, 0.2) is 5.82 Å². The van der Waals surface area contributed by atoms with Crippen LogP contribution in [0.3, 0.4) is 0 Å². The molecule has 0 aliphatic heterocycles. The molecule has 0 bridgehead atoms. The van der Waals surface area contributed by atoms with Crippen molar-refractivity contribution in [2.24, 2.45) is 0 Å². The highest BCUT2D eigenvalue weighted by Crippen LogP contribution is 2.30. The molecule has 5 heteroatoms. The summed E-state index contributed by atoms with van der Waals surface area (Å²) in [6.07, 6.45) is 1.27. The van der Waals surface area contributed by atoms with Crippen LogP contribution in [0, 0.1) is 6.08 Å². The normalized spacial score (nSPS) is 12.2. The lowest BCUT2D eigenvalue weighted by molar-refractivity contribution is 0.438. The minimum absolute atomic E-state index is 0.0611. The molecule has 2 rings (SSSR count). The number of nitrogens with two attached hydrogens (primary N) is 1. The van der Waals surface area contributed by atoms with Gasteiger partial charge in [0.05, 0.1) is 0 Å². The average Bonchev–Trinajstić information content (AvgIpc) is 2.61. The van der Waals surface area contributed by atoms with E-state index in [2.05, 4.69) is 30.9 Å². The molecule has 0 spiro atoms. The van der Waals surface area contributed by atoms with E-state index in [0.717, 1.165) is 18.5 Å². The van der Waals surface area contributed by atoms with Crippen molar-refractivity contribution in [3.8, 4) is 0 Å². The third-order valence-electron chi connectivity index (χ3n) is 3.08. The minimum Gasteiger partial charge on any atom is -0.382 e. The molecule has 2 N–H and O–H groups in total. The highest BCUT2D eigenvalue weighted by Gasteiger charge is 2.24. The van der Waals surface area contributed by atoms with Gasteiger partial charge in [-0.05, 0) is 18.6 Å². The van der Waals surface area contributed by atoms with Crippen LogP contribution in [-0.4, -0.2) is 14.6 Å². The summed E-state index contributed by atoms with van der Waals surface area (Å²) in [7, 11) is 0. The maximum absolute atomic E-state index is 13.2. The Balaban J connectivity index is 2.63. The Hall–Kier alpha value is -1.65. The Morgan fingerprint density at radius 2 is 2.12 bits per heavy atom. The van der Waals surface area contributed by atoms with Gasteiger partial charge in [0.2, 0.25) is 0 Å². The van der Waals surface area contributed by atoms with E-state index in [4.69, 9.17) is 5.73 Å². The van der Waals surface area contributed by atoms with E-state index >= 15 is 0 Å². The zero-order valence-corrected chi connectivity index (χ0v) is 10.4. The molecule has 0 atom stereocenters. The number of nitrogens with zero attached hydrogens (tertiary/aromatic N) is 3. The number of halogens is 1. The minimum atomic E-state index is -0.792. The molecule has 17 heavy (non-hydrogen) atoms. The van der Waals surface area contributed by atoms with Gasteiger partial charge in [0.25, 0.3) is 0 Å². The largest absolute Gasteiger partial charge is 0.382 e. The Kier molecular flexibility index (Phi) is 2.77. The highest BCUT2D eigenvalue weighted by molar-refractivity contribution is 5.65. The molecule has 2 aromatic rings. The lowest BCUT2D eigenvalue weighted by Crippen LogP contribution is -2.20. The molecule has 0 unspecified atom stereocenters. The second-order valence-electron chi connectivity index (χ2n) is 4.92. The Bertz CT molecular complexity index is 545. The SMILES string of the molecule is CCCC(C)(C)c1ccc2c(N)nc(F)nn12. The third kappa shape index (κ3) is 1.97. The van der Waals surface area contributed by atoms with Gasteiger partial charge in [-0.1, -0.05) is 27.2 Å². The summed E-state index contributed by atoms with van der Waals surface area (Å²) >= 11 is 0. The van der Waals surface area contributed by atoms with Crippen molar-refractivity contribution in [3.05, 3.63) is 23.9 Å².